The number of amides is 1. The zero-order valence-electron chi connectivity index (χ0n) is 16.2. The number of aromatic nitrogens is 2. The molecule has 6 heteroatoms. The molecule has 1 aliphatic heterocycles. The molecule has 1 aromatic carbocycles. The summed E-state index contributed by atoms with van der Waals surface area (Å²) in [7, 11) is 0. The second-order valence-corrected chi connectivity index (χ2v) is 7.32. The Hall–Kier alpha value is -2.89. The van der Waals surface area contributed by atoms with Gasteiger partial charge < -0.3 is 15.4 Å². The number of nitrogens with zero attached hydrogens (tertiary/aromatic N) is 3. The summed E-state index contributed by atoms with van der Waals surface area (Å²) in [6.07, 6.45) is 4.14. The van der Waals surface area contributed by atoms with Crippen LogP contribution in [0.1, 0.15) is 38.1 Å². The Balaban J connectivity index is 1.90. The van der Waals surface area contributed by atoms with Crippen LogP contribution in [-0.4, -0.2) is 39.5 Å². The maximum absolute atomic E-state index is 13.0. The van der Waals surface area contributed by atoms with Gasteiger partial charge in [0.15, 0.2) is 0 Å². The molecule has 3 rings (SSSR count). The summed E-state index contributed by atoms with van der Waals surface area (Å²) in [6.45, 7) is 8.73. The van der Waals surface area contributed by atoms with E-state index < -0.39 is 0 Å². The van der Waals surface area contributed by atoms with E-state index in [-0.39, 0.29) is 24.0 Å². The summed E-state index contributed by atoms with van der Waals surface area (Å²) in [6, 6.07) is 9.31. The molecule has 2 N–H and O–H groups in total. The summed E-state index contributed by atoms with van der Waals surface area (Å²) in [5, 5.41) is 0. The predicted octanol–water partition coefficient (Wildman–Crippen LogP) is 3.55. The van der Waals surface area contributed by atoms with Crippen molar-refractivity contribution >= 4 is 11.9 Å². The predicted molar refractivity (Wildman–Crippen MR) is 106 cm³/mol. The molecule has 2 heterocycles. The molecule has 0 saturated carbocycles. The number of nitrogen functional groups attached to an aromatic ring is 1. The van der Waals surface area contributed by atoms with Gasteiger partial charge in [0, 0.05) is 23.7 Å². The van der Waals surface area contributed by atoms with Gasteiger partial charge in [-0.1, -0.05) is 38.1 Å². The van der Waals surface area contributed by atoms with E-state index in [9.17, 15) is 4.79 Å². The molecular formula is C21H26N4O2. The Morgan fingerprint density at radius 3 is 2.70 bits per heavy atom. The van der Waals surface area contributed by atoms with Crippen LogP contribution >= 0.6 is 0 Å². The van der Waals surface area contributed by atoms with Crippen molar-refractivity contribution in [2.75, 3.05) is 12.3 Å². The first-order valence-electron chi connectivity index (χ1n) is 9.24. The van der Waals surface area contributed by atoms with Crippen LogP contribution in [0.3, 0.4) is 0 Å². The van der Waals surface area contributed by atoms with Gasteiger partial charge >= 0.3 is 0 Å². The topological polar surface area (TPSA) is 81.3 Å². The molecule has 1 aliphatic rings. The quantitative estimate of drug-likeness (QED) is 0.819. The zero-order chi connectivity index (χ0) is 19.6. The fourth-order valence-electron chi connectivity index (χ4n) is 3.21. The third kappa shape index (κ3) is 4.27. The van der Waals surface area contributed by atoms with E-state index in [1.54, 1.807) is 6.07 Å². The standard InChI is InChI=1S/C21H26N4O2/c1-13(2)18-9-6-10-25(18)20(26)16-8-5-7-15(11-16)17-12-19(27-14(3)4)24-21(22)23-17/h5-9,11-14,18H,10H2,1-4H3,(H2,22,23,24)/t18-/m0/s1. The Labute approximate surface area is 160 Å². The molecule has 1 amide bonds. The van der Waals surface area contributed by atoms with Crippen LogP contribution in [0, 0.1) is 5.92 Å². The third-order valence-electron chi connectivity index (χ3n) is 4.42. The molecule has 0 radical (unpaired) electrons. The van der Waals surface area contributed by atoms with Crippen molar-refractivity contribution in [3.05, 3.63) is 48.0 Å². The van der Waals surface area contributed by atoms with E-state index in [4.69, 9.17) is 10.5 Å². The lowest BCUT2D eigenvalue weighted by Gasteiger charge is -2.27. The van der Waals surface area contributed by atoms with Crippen molar-refractivity contribution in [1.29, 1.82) is 0 Å². The second kappa shape index (κ2) is 7.78. The van der Waals surface area contributed by atoms with Gasteiger partial charge in [0.05, 0.1) is 17.8 Å². The first-order chi connectivity index (χ1) is 12.8. The molecule has 0 saturated heterocycles. The molecule has 0 aliphatic carbocycles. The minimum Gasteiger partial charge on any atom is -0.475 e. The highest BCUT2D eigenvalue weighted by atomic mass is 16.5. The van der Waals surface area contributed by atoms with E-state index in [1.807, 2.05) is 49.1 Å². The summed E-state index contributed by atoms with van der Waals surface area (Å²) in [4.78, 5) is 23.3. The lowest BCUT2D eigenvalue weighted by molar-refractivity contribution is 0.0720. The average Bonchev–Trinajstić information content (AvgIpc) is 3.10. The van der Waals surface area contributed by atoms with Crippen molar-refractivity contribution < 1.29 is 9.53 Å². The summed E-state index contributed by atoms with van der Waals surface area (Å²) in [5.74, 6) is 0.950. The lowest BCUT2D eigenvalue weighted by atomic mass is 10.0. The highest BCUT2D eigenvalue weighted by Gasteiger charge is 2.27. The Kier molecular flexibility index (Phi) is 5.44. The van der Waals surface area contributed by atoms with E-state index in [1.165, 1.54) is 0 Å². The maximum Gasteiger partial charge on any atom is 0.254 e. The van der Waals surface area contributed by atoms with Gasteiger partial charge in [0.25, 0.3) is 5.91 Å². The fourth-order valence-corrected chi connectivity index (χ4v) is 3.21. The molecule has 2 aromatic rings. The van der Waals surface area contributed by atoms with Crippen molar-refractivity contribution in [2.45, 2.75) is 39.8 Å². The molecule has 6 nitrogen and oxygen atoms in total. The van der Waals surface area contributed by atoms with Gasteiger partial charge in [-0.05, 0) is 31.9 Å². The van der Waals surface area contributed by atoms with Crippen molar-refractivity contribution in [3.8, 4) is 17.1 Å². The molecule has 0 bridgehead atoms. The van der Waals surface area contributed by atoms with Crippen LogP contribution in [-0.2, 0) is 0 Å². The van der Waals surface area contributed by atoms with E-state index in [0.717, 1.165) is 5.56 Å². The lowest BCUT2D eigenvalue weighted by Crippen LogP contribution is -2.39. The van der Waals surface area contributed by atoms with Gasteiger partial charge in [0.1, 0.15) is 0 Å². The third-order valence-corrected chi connectivity index (χ3v) is 4.42. The highest BCUT2D eigenvalue weighted by Crippen LogP contribution is 2.25. The van der Waals surface area contributed by atoms with E-state index >= 15 is 0 Å². The number of ether oxygens (including phenoxy) is 1. The molecule has 0 spiro atoms. The van der Waals surface area contributed by atoms with E-state index in [0.29, 0.717) is 29.6 Å². The summed E-state index contributed by atoms with van der Waals surface area (Å²) in [5.41, 5.74) is 7.90. The van der Waals surface area contributed by atoms with Crippen molar-refractivity contribution in [2.24, 2.45) is 5.92 Å². The largest absolute Gasteiger partial charge is 0.475 e. The SMILES string of the molecule is CC(C)Oc1cc(-c2cccc(C(=O)N3CC=C[C@H]3C(C)C)c2)nc(N)n1. The van der Waals surface area contributed by atoms with Crippen LogP contribution in [0.25, 0.3) is 11.3 Å². The van der Waals surface area contributed by atoms with Gasteiger partial charge in [0.2, 0.25) is 11.8 Å². The fraction of sp³-hybridized carbons (Fsp3) is 0.381. The number of anilines is 1. The number of benzene rings is 1. The van der Waals surface area contributed by atoms with Crippen molar-refractivity contribution in [3.63, 3.8) is 0 Å². The minimum atomic E-state index is -0.0179. The molecule has 0 unspecified atom stereocenters. The number of nitrogens with two attached hydrogens (primary N) is 1. The molecule has 1 aromatic heterocycles. The monoisotopic (exact) mass is 366 g/mol. The normalized spacial score (nSPS) is 16.4. The van der Waals surface area contributed by atoms with Gasteiger partial charge in [-0.25, -0.2) is 4.98 Å². The smallest absolute Gasteiger partial charge is 0.254 e. The number of carbonyl (C=O) groups excluding carboxylic acids is 1. The van der Waals surface area contributed by atoms with Gasteiger partial charge in [-0.2, -0.15) is 4.98 Å². The zero-order valence-corrected chi connectivity index (χ0v) is 16.2. The van der Waals surface area contributed by atoms with Gasteiger partial charge in [-0.15, -0.1) is 0 Å². The summed E-state index contributed by atoms with van der Waals surface area (Å²) < 4.78 is 5.64. The van der Waals surface area contributed by atoms with Crippen molar-refractivity contribution in [1.82, 2.24) is 14.9 Å². The number of hydrogen-bond donors (Lipinski definition) is 1. The highest BCUT2D eigenvalue weighted by molar-refractivity contribution is 5.96. The van der Waals surface area contributed by atoms with Crippen LogP contribution in [0.2, 0.25) is 0 Å². The molecule has 1 atom stereocenters. The number of hydrogen-bond acceptors (Lipinski definition) is 5. The Bertz CT molecular complexity index is 861. The first-order valence-corrected chi connectivity index (χ1v) is 9.24. The second-order valence-electron chi connectivity index (χ2n) is 7.32. The van der Waals surface area contributed by atoms with E-state index in [2.05, 4.69) is 29.9 Å². The molecule has 142 valence electrons. The van der Waals surface area contributed by atoms with Gasteiger partial charge in [-0.3, -0.25) is 4.79 Å². The van der Waals surface area contributed by atoms with Crippen LogP contribution in [0.4, 0.5) is 5.95 Å². The first kappa shape index (κ1) is 18.9. The Morgan fingerprint density at radius 2 is 2.00 bits per heavy atom. The van der Waals surface area contributed by atoms with Crippen LogP contribution < -0.4 is 10.5 Å². The summed E-state index contributed by atoms with van der Waals surface area (Å²) >= 11 is 0. The molecule has 27 heavy (non-hydrogen) atoms. The van der Waals surface area contributed by atoms with Crippen LogP contribution in [0.5, 0.6) is 5.88 Å². The minimum absolute atomic E-state index is 0.0150. The molecule has 0 fully saturated rings. The molecular weight excluding hydrogens is 340 g/mol. The maximum atomic E-state index is 13.0. The average molecular weight is 366 g/mol. The van der Waals surface area contributed by atoms with Crippen LogP contribution in [0.15, 0.2) is 42.5 Å². The number of carbonyl (C=O) groups is 1. The Morgan fingerprint density at radius 1 is 1.22 bits per heavy atom. The number of rotatable bonds is 5.